The van der Waals surface area contributed by atoms with Crippen LogP contribution in [0.2, 0.25) is 0 Å². The Morgan fingerprint density at radius 3 is 2.30 bits per heavy atom. The Hall–Kier alpha value is -2.98. The molecule has 0 unspecified atom stereocenters. The van der Waals surface area contributed by atoms with Crippen molar-refractivity contribution in [1.29, 1.82) is 0 Å². The third-order valence-electron chi connectivity index (χ3n) is 5.10. The van der Waals surface area contributed by atoms with Crippen LogP contribution < -0.4 is 4.90 Å². The maximum atomic E-state index is 10.8. The van der Waals surface area contributed by atoms with Gasteiger partial charge in [-0.1, -0.05) is 36.4 Å². The van der Waals surface area contributed by atoms with Crippen molar-refractivity contribution in [1.82, 2.24) is 9.88 Å². The molecule has 1 saturated heterocycles. The molecule has 0 bridgehead atoms. The summed E-state index contributed by atoms with van der Waals surface area (Å²) >= 11 is 0. The number of aldehydes is 1. The lowest BCUT2D eigenvalue weighted by atomic mass is 10.1. The van der Waals surface area contributed by atoms with E-state index in [9.17, 15) is 4.79 Å². The number of anilines is 1. The summed E-state index contributed by atoms with van der Waals surface area (Å²) in [5.74, 6) is 0. The molecule has 1 aromatic heterocycles. The van der Waals surface area contributed by atoms with Gasteiger partial charge in [-0.05, 0) is 35.9 Å². The van der Waals surface area contributed by atoms with Gasteiger partial charge < -0.3 is 4.90 Å². The fraction of sp³-hybridized carbons (Fsp3) is 0.217. The molecule has 3 aromatic rings. The Bertz CT molecular complexity index is 885. The van der Waals surface area contributed by atoms with Crippen molar-refractivity contribution in [3.8, 4) is 11.3 Å². The fourth-order valence-electron chi connectivity index (χ4n) is 3.59. The molecule has 0 N–H and O–H groups in total. The van der Waals surface area contributed by atoms with E-state index in [4.69, 9.17) is 0 Å². The fourth-order valence-corrected chi connectivity index (χ4v) is 3.59. The van der Waals surface area contributed by atoms with E-state index in [0.717, 1.165) is 50.3 Å². The van der Waals surface area contributed by atoms with Gasteiger partial charge in [0, 0.05) is 55.7 Å². The normalized spacial score (nSPS) is 14.9. The second-order valence-electron chi connectivity index (χ2n) is 6.85. The second kappa shape index (κ2) is 8.14. The summed E-state index contributed by atoms with van der Waals surface area (Å²) in [7, 11) is 0. The number of benzene rings is 2. The summed E-state index contributed by atoms with van der Waals surface area (Å²) in [5, 5.41) is 0. The maximum absolute atomic E-state index is 10.8. The number of hydrogen-bond acceptors (Lipinski definition) is 4. The highest BCUT2D eigenvalue weighted by Crippen LogP contribution is 2.23. The molecule has 2 heterocycles. The van der Waals surface area contributed by atoms with Crippen LogP contribution in [0.5, 0.6) is 0 Å². The van der Waals surface area contributed by atoms with Crippen molar-refractivity contribution in [3.63, 3.8) is 0 Å². The molecule has 2 aromatic carbocycles. The first-order chi connectivity index (χ1) is 13.3. The SMILES string of the molecule is O=Cc1ccc(N2CCN(Cc3cccnc3-c3ccccc3)CC2)cc1. The van der Waals surface area contributed by atoms with E-state index in [2.05, 4.69) is 45.1 Å². The minimum absolute atomic E-state index is 0.724. The summed E-state index contributed by atoms with van der Waals surface area (Å²) in [6, 6.07) is 22.4. The van der Waals surface area contributed by atoms with E-state index in [0.29, 0.717) is 0 Å². The van der Waals surface area contributed by atoms with Gasteiger partial charge in [0.05, 0.1) is 5.69 Å². The van der Waals surface area contributed by atoms with Gasteiger partial charge in [-0.2, -0.15) is 0 Å². The zero-order valence-corrected chi connectivity index (χ0v) is 15.3. The molecule has 4 nitrogen and oxygen atoms in total. The van der Waals surface area contributed by atoms with Crippen LogP contribution in [0.4, 0.5) is 5.69 Å². The number of rotatable bonds is 5. The highest BCUT2D eigenvalue weighted by Gasteiger charge is 2.18. The van der Waals surface area contributed by atoms with E-state index in [-0.39, 0.29) is 0 Å². The van der Waals surface area contributed by atoms with Crippen LogP contribution in [0.25, 0.3) is 11.3 Å². The number of carbonyl (C=O) groups excluding carboxylic acids is 1. The predicted molar refractivity (Wildman–Crippen MR) is 109 cm³/mol. The Labute approximate surface area is 160 Å². The molecule has 0 saturated carbocycles. The van der Waals surface area contributed by atoms with E-state index in [1.807, 2.05) is 42.6 Å². The molecule has 1 aliphatic rings. The predicted octanol–water partition coefficient (Wildman–Crippen LogP) is 3.88. The van der Waals surface area contributed by atoms with Crippen molar-refractivity contribution in [3.05, 3.63) is 84.1 Å². The van der Waals surface area contributed by atoms with Gasteiger partial charge in [-0.25, -0.2) is 0 Å². The molecular formula is C23H23N3O. The van der Waals surface area contributed by atoms with Gasteiger partial charge >= 0.3 is 0 Å². The number of nitrogens with zero attached hydrogens (tertiary/aromatic N) is 3. The number of hydrogen-bond donors (Lipinski definition) is 0. The third kappa shape index (κ3) is 4.07. The molecule has 4 heteroatoms. The number of piperazine rings is 1. The average Bonchev–Trinajstić information content (AvgIpc) is 2.75. The molecule has 0 aliphatic carbocycles. The van der Waals surface area contributed by atoms with Crippen molar-refractivity contribution in [2.24, 2.45) is 0 Å². The quantitative estimate of drug-likeness (QED) is 0.649. The summed E-state index contributed by atoms with van der Waals surface area (Å²) in [5.41, 5.74) is 5.42. The molecule has 27 heavy (non-hydrogen) atoms. The van der Waals surface area contributed by atoms with E-state index < -0.39 is 0 Å². The molecule has 4 rings (SSSR count). The lowest BCUT2D eigenvalue weighted by Gasteiger charge is -2.36. The molecule has 0 spiro atoms. The first-order valence-electron chi connectivity index (χ1n) is 9.35. The first kappa shape index (κ1) is 17.4. The van der Waals surface area contributed by atoms with Gasteiger partial charge in [0.25, 0.3) is 0 Å². The summed E-state index contributed by atoms with van der Waals surface area (Å²) in [4.78, 5) is 20.3. The van der Waals surface area contributed by atoms with E-state index >= 15 is 0 Å². The summed E-state index contributed by atoms with van der Waals surface area (Å²) in [6.45, 7) is 4.91. The first-order valence-corrected chi connectivity index (χ1v) is 9.35. The van der Waals surface area contributed by atoms with E-state index in [1.54, 1.807) is 0 Å². The number of aromatic nitrogens is 1. The van der Waals surface area contributed by atoms with Crippen molar-refractivity contribution in [2.75, 3.05) is 31.1 Å². The van der Waals surface area contributed by atoms with Crippen molar-refractivity contribution >= 4 is 12.0 Å². The van der Waals surface area contributed by atoms with Crippen LogP contribution in [0, 0.1) is 0 Å². The molecule has 136 valence electrons. The molecule has 0 atom stereocenters. The Kier molecular flexibility index (Phi) is 5.26. The van der Waals surface area contributed by atoms with Crippen LogP contribution in [-0.4, -0.2) is 42.3 Å². The summed E-state index contributed by atoms with van der Waals surface area (Å²) in [6.07, 6.45) is 2.76. The van der Waals surface area contributed by atoms with Crippen molar-refractivity contribution < 1.29 is 4.79 Å². The third-order valence-corrected chi connectivity index (χ3v) is 5.10. The zero-order chi connectivity index (χ0) is 18.5. The minimum Gasteiger partial charge on any atom is -0.369 e. The monoisotopic (exact) mass is 357 g/mol. The number of pyridine rings is 1. The maximum Gasteiger partial charge on any atom is 0.150 e. The van der Waals surface area contributed by atoms with Crippen LogP contribution in [-0.2, 0) is 6.54 Å². The second-order valence-corrected chi connectivity index (χ2v) is 6.85. The van der Waals surface area contributed by atoms with E-state index in [1.165, 1.54) is 16.8 Å². The van der Waals surface area contributed by atoms with Crippen LogP contribution in [0.3, 0.4) is 0 Å². The average molecular weight is 357 g/mol. The molecule has 1 aliphatic heterocycles. The van der Waals surface area contributed by atoms with Crippen molar-refractivity contribution in [2.45, 2.75) is 6.54 Å². The standard InChI is InChI=1S/C23H23N3O/c27-18-19-8-10-22(11-9-19)26-15-13-25(14-16-26)17-21-7-4-12-24-23(21)20-5-2-1-3-6-20/h1-12,18H,13-17H2. The topological polar surface area (TPSA) is 36.4 Å². The smallest absolute Gasteiger partial charge is 0.150 e. The van der Waals surface area contributed by atoms with Crippen LogP contribution in [0.1, 0.15) is 15.9 Å². The van der Waals surface area contributed by atoms with Crippen LogP contribution >= 0.6 is 0 Å². The Morgan fingerprint density at radius 2 is 1.59 bits per heavy atom. The Morgan fingerprint density at radius 1 is 0.852 bits per heavy atom. The van der Waals surface area contributed by atoms with Gasteiger partial charge in [-0.3, -0.25) is 14.7 Å². The molecule has 1 fully saturated rings. The van der Waals surface area contributed by atoms with Gasteiger partial charge in [0.15, 0.2) is 0 Å². The molecular weight excluding hydrogens is 334 g/mol. The zero-order valence-electron chi connectivity index (χ0n) is 15.3. The van der Waals surface area contributed by atoms with Gasteiger partial charge in [0.2, 0.25) is 0 Å². The minimum atomic E-state index is 0.724. The van der Waals surface area contributed by atoms with Gasteiger partial charge in [0.1, 0.15) is 6.29 Å². The number of carbonyl (C=O) groups is 1. The highest BCUT2D eigenvalue weighted by molar-refractivity contribution is 5.75. The lowest BCUT2D eigenvalue weighted by Crippen LogP contribution is -2.46. The lowest BCUT2D eigenvalue weighted by molar-refractivity contribution is 0.112. The van der Waals surface area contributed by atoms with Gasteiger partial charge in [-0.15, -0.1) is 0 Å². The largest absolute Gasteiger partial charge is 0.369 e. The highest BCUT2D eigenvalue weighted by atomic mass is 16.1. The van der Waals surface area contributed by atoms with Crippen LogP contribution in [0.15, 0.2) is 72.9 Å². The molecule has 0 amide bonds. The summed E-state index contributed by atoms with van der Waals surface area (Å²) < 4.78 is 0. The Balaban J connectivity index is 1.42. The molecule has 0 radical (unpaired) electrons.